The zero-order valence-corrected chi connectivity index (χ0v) is 11.0. The molecule has 0 aromatic carbocycles. The third-order valence-electron chi connectivity index (χ3n) is 2.88. The molecule has 0 radical (unpaired) electrons. The minimum Gasteiger partial charge on any atom is -0.317 e. The van der Waals surface area contributed by atoms with Gasteiger partial charge in [-0.25, -0.2) is 0 Å². The minimum atomic E-state index is 0.536. The van der Waals surface area contributed by atoms with Crippen molar-refractivity contribution >= 4 is 0 Å². The van der Waals surface area contributed by atoms with Crippen molar-refractivity contribution in [2.24, 2.45) is 19.1 Å². The Morgan fingerprint density at radius 1 is 0.867 bits per heavy atom. The molecule has 0 N–H and O–H groups in total. The minimum absolute atomic E-state index is 0.536. The summed E-state index contributed by atoms with van der Waals surface area (Å²) in [6.07, 6.45) is 0. The Labute approximate surface area is 92.5 Å². The molecule has 0 unspecified atom stereocenters. The van der Waals surface area contributed by atoms with Crippen LogP contribution in [0.15, 0.2) is 4.99 Å². The highest BCUT2D eigenvalue weighted by Crippen LogP contribution is 2.24. The van der Waals surface area contributed by atoms with Gasteiger partial charge in [0, 0.05) is 32.5 Å². The van der Waals surface area contributed by atoms with Crippen molar-refractivity contribution in [2.45, 2.75) is 39.5 Å². The van der Waals surface area contributed by atoms with Crippen molar-refractivity contribution in [1.29, 1.82) is 0 Å². The first-order valence-corrected chi connectivity index (χ1v) is 5.60. The molecule has 0 atom stereocenters. The molecule has 0 aliphatic carbocycles. The van der Waals surface area contributed by atoms with Crippen LogP contribution in [0.25, 0.3) is 0 Å². The van der Waals surface area contributed by atoms with Crippen LogP contribution in [0.4, 0.5) is 0 Å². The monoisotopic (exact) mass is 209 g/mol. The number of hydrogen-bond donors (Lipinski definition) is 0. The zero-order valence-electron chi connectivity index (χ0n) is 11.0. The standard InChI is InChI=1S/C12H23N3/c1-8(2)10-11(9(3)4)15(7)12(13-5)14(10)6/h8-9H,1-7H3. The Morgan fingerprint density at radius 2 is 1.20 bits per heavy atom. The lowest BCUT2D eigenvalue weighted by Gasteiger charge is -2.13. The van der Waals surface area contributed by atoms with Gasteiger partial charge in [-0.15, -0.1) is 0 Å². The first kappa shape index (κ1) is 12.1. The van der Waals surface area contributed by atoms with Crippen LogP contribution in [0.3, 0.4) is 0 Å². The molecule has 0 amide bonds. The van der Waals surface area contributed by atoms with Gasteiger partial charge in [0.05, 0.1) is 0 Å². The van der Waals surface area contributed by atoms with Crippen LogP contribution in [0.5, 0.6) is 0 Å². The smallest absolute Gasteiger partial charge is 0.204 e. The number of aromatic nitrogens is 2. The molecule has 86 valence electrons. The van der Waals surface area contributed by atoms with Crippen LogP contribution in [-0.4, -0.2) is 16.2 Å². The molecule has 1 heterocycles. The molecular formula is C12H23N3. The van der Waals surface area contributed by atoms with E-state index in [2.05, 4.69) is 55.9 Å². The zero-order chi connectivity index (χ0) is 11.7. The van der Waals surface area contributed by atoms with E-state index in [1.54, 1.807) is 0 Å². The van der Waals surface area contributed by atoms with E-state index in [1.807, 2.05) is 7.05 Å². The molecule has 0 bridgehead atoms. The number of rotatable bonds is 2. The summed E-state index contributed by atoms with van der Waals surface area (Å²) in [4.78, 5) is 4.34. The summed E-state index contributed by atoms with van der Waals surface area (Å²) in [5.41, 5.74) is 3.84. The van der Waals surface area contributed by atoms with Gasteiger partial charge in [-0.2, -0.15) is 0 Å². The summed E-state index contributed by atoms with van der Waals surface area (Å²) >= 11 is 0. The van der Waals surface area contributed by atoms with Crippen molar-refractivity contribution in [2.75, 3.05) is 7.05 Å². The maximum atomic E-state index is 4.34. The lowest BCUT2D eigenvalue weighted by molar-refractivity contribution is 0.690. The molecule has 0 fully saturated rings. The highest BCUT2D eigenvalue weighted by molar-refractivity contribution is 5.21. The fourth-order valence-electron chi connectivity index (χ4n) is 2.45. The van der Waals surface area contributed by atoms with Gasteiger partial charge < -0.3 is 9.13 Å². The molecule has 3 nitrogen and oxygen atoms in total. The topological polar surface area (TPSA) is 22.2 Å². The van der Waals surface area contributed by atoms with E-state index in [0.29, 0.717) is 11.8 Å². The lowest BCUT2D eigenvalue weighted by atomic mass is 10.0. The quantitative estimate of drug-likeness (QED) is 0.712. The Hall–Kier alpha value is -0.990. The first-order chi connectivity index (χ1) is 6.91. The van der Waals surface area contributed by atoms with E-state index in [9.17, 15) is 0 Å². The number of hydrogen-bond acceptors (Lipinski definition) is 1. The molecular weight excluding hydrogens is 186 g/mol. The van der Waals surface area contributed by atoms with Crippen molar-refractivity contribution < 1.29 is 0 Å². The van der Waals surface area contributed by atoms with Gasteiger partial charge in [0.15, 0.2) is 0 Å². The molecule has 0 spiro atoms. The van der Waals surface area contributed by atoms with Gasteiger partial charge >= 0.3 is 0 Å². The third kappa shape index (κ3) is 1.87. The van der Waals surface area contributed by atoms with Gasteiger partial charge in [-0.1, -0.05) is 27.7 Å². The highest BCUT2D eigenvalue weighted by Gasteiger charge is 2.18. The summed E-state index contributed by atoms with van der Waals surface area (Å²) in [7, 11) is 6.05. The third-order valence-corrected chi connectivity index (χ3v) is 2.88. The normalized spacial score (nSPS) is 11.5. The maximum Gasteiger partial charge on any atom is 0.204 e. The number of imidazole rings is 1. The maximum absolute atomic E-state index is 4.34. The Bertz CT molecular complexity index is 371. The van der Waals surface area contributed by atoms with Gasteiger partial charge in [0.25, 0.3) is 0 Å². The van der Waals surface area contributed by atoms with Crippen molar-refractivity contribution in [1.82, 2.24) is 9.13 Å². The van der Waals surface area contributed by atoms with Gasteiger partial charge in [0.1, 0.15) is 0 Å². The molecule has 0 aliphatic rings. The number of nitrogens with zero attached hydrogens (tertiary/aromatic N) is 3. The Balaban J connectivity index is 3.63. The SMILES string of the molecule is CN=c1n(C)c(C(C)C)c(C(C)C)n1C. The lowest BCUT2D eigenvalue weighted by Crippen LogP contribution is -2.23. The van der Waals surface area contributed by atoms with Crippen molar-refractivity contribution in [3.63, 3.8) is 0 Å². The Morgan fingerprint density at radius 3 is 1.40 bits per heavy atom. The van der Waals surface area contributed by atoms with Crippen LogP contribution < -0.4 is 5.62 Å². The second-order valence-electron chi connectivity index (χ2n) is 4.72. The second-order valence-corrected chi connectivity index (χ2v) is 4.72. The second kappa shape index (κ2) is 4.25. The first-order valence-electron chi connectivity index (χ1n) is 5.60. The van der Waals surface area contributed by atoms with E-state index in [-0.39, 0.29) is 0 Å². The van der Waals surface area contributed by atoms with E-state index < -0.39 is 0 Å². The fourth-order valence-corrected chi connectivity index (χ4v) is 2.45. The highest BCUT2D eigenvalue weighted by atomic mass is 15.2. The summed E-state index contributed by atoms with van der Waals surface area (Å²) in [5.74, 6) is 1.07. The van der Waals surface area contributed by atoms with Crippen LogP contribution in [0.1, 0.15) is 50.9 Å². The summed E-state index contributed by atoms with van der Waals surface area (Å²) in [6.45, 7) is 8.95. The molecule has 0 aliphatic heterocycles. The summed E-state index contributed by atoms with van der Waals surface area (Å²) in [5, 5.41) is 0. The average molecular weight is 209 g/mol. The predicted molar refractivity (Wildman–Crippen MR) is 64.0 cm³/mol. The molecule has 3 heteroatoms. The van der Waals surface area contributed by atoms with Gasteiger partial charge in [-0.3, -0.25) is 4.99 Å². The largest absolute Gasteiger partial charge is 0.317 e. The van der Waals surface area contributed by atoms with Crippen LogP contribution >= 0.6 is 0 Å². The molecule has 0 saturated carbocycles. The molecule has 1 aromatic rings. The molecule has 1 rings (SSSR count). The van der Waals surface area contributed by atoms with Crippen LogP contribution in [0, 0.1) is 0 Å². The van der Waals surface area contributed by atoms with Crippen LogP contribution in [0.2, 0.25) is 0 Å². The molecule has 15 heavy (non-hydrogen) atoms. The predicted octanol–water partition coefficient (Wildman–Crippen LogP) is 2.14. The summed E-state index contributed by atoms with van der Waals surface area (Å²) < 4.78 is 4.42. The van der Waals surface area contributed by atoms with Crippen LogP contribution in [-0.2, 0) is 14.1 Å². The Kier molecular flexibility index (Phi) is 3.42. The molecule has 0 saturated heterocycles. The van der Waals surface area contributed by atoms with Crippen molar-refractivity contribution in [3.05, 3.63) is 17.0 Å². The average Bonchev–Trinajstić information content (AvgIpc) is 2.37. The van der Waals surface area contributed by atoms with Crippen molar-refractivity contribution in [3.8, 4) is 0 Å². The van der Waals surface area contributed by atoms with Gasteiger partial charge in [0.2, 0.25) is 5.62 Å². The van der Waals surface area contributed by atoms with E-state index in [4.69, 9.17) is 0 Å². The van der Waals surface area contributed by atoms with Gasteiger partial charge in [-0.05, 0) is 11.8 Å². The molecule has 1 aromatic heterocycles. The van der Waals surface area contributed by atoms with E-state index >= 15 is 0 Å². The van der Waals surface area contributed by atoms with E-state index in [0.717, 1.165) is 5.62 Å². The summed E-state index contributed by atoms with van der Waals surface area (Å²) in [6, 6.07) is 0. The van der Waals surface area contributed by atoms with E-state index in [1.165, 1.54) is 11.4 Å². The fraction of sp³-hybridized carbons (Fsp3) is 0.750.